The number of nitrogens with zero attached hydrogens (tertiary/aromatic N) is 1. The highest BCUT2D eigenvalue weighted by atomic mass is 35.5. The molecule has 1 atom stereocenters. The zero-order chi connectivity index (χ0) is 14.0. The summed E-state index contributed by atoms with van der Waals surface area (Å²) in [5.41, 5.74) is 0.778. The summed E-state index contributed by atoms with van der Waals surface area (Å²) >= 11 is 7.05. The minimum Gasteiger partial charge on any atom is -0.395 e. The molecule has 4 nitrogen and oxygen atoms in total. The number of aryl methyl sites for hydroxylation is 1. The summed E-state index contributed by atoms with van der Waals surface area (Å²) < 4.78 is 27.5. The number of hydrogen-bond donors (Lipinski definition) is 1. The molecule has 0 aliphatic carbocycles. The van der Waals surface area contributed by atoms with Gasteiger partial charge in [0.2, 0.25) is 0 Å². The molecule has 1 N–H and O–H groups in total. The van der Waals surface area contributed by atoms with Gasteiger partial charge < -0.3 is 5.11 Å². The van der Waals surface area contributed by atoms with Crippen molar-refractivity contribution in [2.24, 2.45) is 0 Å². The molecule has 1 aliphatic heterocycles. The summed E-state index contributed by atoms with van der Waals surface area (Å²) in [4.78, 5) is 0. The minimum absolute atomic E-state index is 0.128. The topological polar surface area (TPSA) is 57.6 Å². The summed E-state index contributed by atoms with van der Waals surface area (Å²) in [6.45, 7) is 2.14. The molecule has 2 rings (SSSR count). The molecule has 19 heavy (non-hydrogen) atoms. The zero-order valence-electron chi connectivity index (χ0n) is 10.8. The molecule has 0 radical (unpaired) electrons. The second-order valence-corrected chi connectivity index (χ2v) is 8.60. The molecule has 1 saturated heterocycles. The first-order chi connectivity index (χ1) is 8.96. The Bertz CT molecular complexity index is 522. The monoisotopic (exact) mass is 323 g/mol. The lowest BCUT2D eigenvalue weighted by Gasteiger charge is -2.26. The molecule has 0 aromatic carbocycles. The molecule has 1 aliphatic rings. The minimum atomic E-state index is -3.54. The summed E-state index contributed by atoms with van der Waals surface area (Å²) in [6.07, 6.45) is 3.52. The van der Waals surface area contributed by atoms with Gasteiger partial charge in [0.1, 0.15) is 4.21 Å². The predicted molar refractivity (Wildman–Crippen MR) is 77.3 cm³/mol. The molecule has 1 fully saturated rings. The predicted octanol–water partition coefficient (Wildman–Crippen LogP) is 2.64. The van der Waals surface area contributed by atoms with Gasteiger partial charge in [-0.2, -0.15) is 4.31 Å². The Hall–Kier alpha value is -0.140. The van der Waals surface area contributed by atoms with Gasteiger partial charge in [-0.25, -0.2) is 8.42 Å². The maximum absolute atomic E-state index is 12.6. The van der Waals surface area contributed by atoms with E-state index in [-0.39, 0.29) is 16.9 Å². The number of hydrogen-bond acceptors (Lipinski definition) is 4. The highest BCUT2D eigenvalue weighted by Gasteiger charge is 2.33. The highest BCUT2D eigenvalue weighted by Crippen LogP contribution is 2.33. The van der Waals surface area contributed by atoms with E-state index in [9.17, 15) is 13.5 Å². The molecular weight excluding hydrogens is 306 g/mol. The van der Waals surface area contributed by atoms with Crippen LogP contribution in [0.3, 0.4) is 0 Å². The van der Waals surface area contributed by atoms with Crippen LogP contribution in [0.15, 0.2) is 10.3 Å². The van der Waals surface area contributed by atoms with Crippen LogP contribution in [0.1, 0.15) is 31.2 Å². The largest absolute Gasteiger partial charge is 0.395 e. The van der Waals surface area contributed by atoms with E-state index in [2.05, 4.69) is 0 Å². The van der Waals surface area contributed by atoms with E-state index in [1.165, 1.54) is 4.31 Å². The van der Waals surface area contributed by atoms with Gasteiger partial charge in [0.05, 0.1) is 10.9 Å². The third-order valence-corrected chi connectivity index (χ3v) is 7.39. The molecule has 1 aromatic heterocycles. The number of halogens is 1. The lowest BCUT2D eigenvalue weighted by atomic mass is 10.1. The van der Waals surface area contributed by atoms with Gasteiger partial charge in [0, 0.05) is 12.6 Å². The van der Waals surface area contributed by atoms with Crippen LogP contribution < -0.4 is 0 Å². The van der Waals surface area contributed by atoms with Gasteiger partial charge in [-0.1, -0.05) is 24.4 Å². The van der Waals surface area contributed by atoms with Gasteiger partial charge >= 0.3 is 0 Å². The number of sulfonamides is 1. The van der Waals surface area contributed by atoms with E-state index in [4.69, 9.17) is 11.6 Å². The van der Waals surface area contributed by atoms with Crippen molar-refractivity contribution in [2.75, 3.05) is 13.2 Å². The van der Waals surface area contributed by atoms with E-state index in [0.717, 1.165) is 36.2 Å². The third-order valence-electron chi connectivity index (χ3n) is 3.43. The fourth-order valence-electron chi connectivity index (χ4n) is 2.32. The average molecular weight is 324 g/mol. The van der Waals surface area contributed by atoms with E-state index in [1.54, 1.807) is 13.0 Å². The SMILES string of the molecule is Cc1cc(S(=O)(=O)N2CCCCCC2CO)sc1Cl. The Morgan fingerprint density at radius 1 is 1.47 bits per heavy atom. The first-order valence-corrected chi connectivity index (χ1v) is 8.99. The Morgan fingerprint density at radius 3 is 2.79 bits per heavy atom. The van der Waals surface area contributed by atoms with Crippen LogP contribution in [0, 0.1) is 6.92 Å². The molecule has 1 aromatic rings. The second kappa shape index (κ2) is 6.10. The van der Waals surface area contributed by atoms with E-state index in [1.807, 2.05) is 0 Å². The highest BCUT2D eigenvalue weighted by molar-refractivity contribution is 7.91. The number of aliphatic hydroxyl groups excluding tert-OH is 1. The Kier molecular flexibility index (Phi) is 4.89. The molecular formula is C12H18ClNO3S2. The molecule has 0 bridgehead atoms. The molecule has 1 unspecified atom stereocenters. The fraction of sp³-hybridized carbons (Fsp3) is 0.667. The standard InChI is InChI=1S/C12H18ClNO3S2/c1-9-7-11(18-12(9)13)19(16,17)14-6-4-2-3-5-10(14)8-15/h7,10,15H,2-6,8H2,1H3. The maximum Gasteiger partial charge on any atom is 0.252 e. The smallest absolute Gasteiger partial charge is 0.252 e. The normalized spacial score (nSPS) is 22.4. The average Bonchev–Trinajstić information content (AvgIpc) is 2.61. The number of thiophene rings is 1. The van der Waals surface area contributed by atoms with Gasteiger partial charge in [-0.15, -0.1) is 11.3 Å². The van der Waals surface area contributed by atoms with Crippen LogP contribution in [-0.2, 0) is 10.0 Å². The number of rotatable bonds is 3. The van der Waals surface area contributed by atoms with Crippen molar-refractivity contribution in [3.05, 3.63) is 16.0 Å². The summed E-state index contributed by atoms with van der Waals surface area (Å²) in [5, 5.41) is 9.43. The Balaban J connectivity index is 2.35. The summed E-state index contributed by atoms with van der Waals surface area (Å²) in [5.74, 6) is 0. The lowest BCUT2D eigenvalue weighted by Crippen LogP contribution is -2.41. The molecule has 2 heterocycles. The van der Waals surface area contributed by atoms with Crippen LogP contribution >= 0.6 is 22.9 Å². The van der Waals surface area contributed by atoms with Gasteiger partial charge in [-0.3, -0.25) is 0 Å². The Labute approximate surface area is 123 Å². The van der Waals surface area contributed by atoms with Gasteiger partial charge in [0.25, 0.3) is 10.0 Å². The van der Waals surface area contributed by atoms with Crippen LogP contribution in [0.2, 0.25) is 4.34 Å². The lowest BCUT2D eigenvalue weighted by molar-refractivity contribution is 0.186. The van der Waals surface area contributed by atoms with Crippen molar-refractivity contribution in [3.8, 4) is 0 Å². The van der Waals surface area contributed by atoms with E-state index >= 15 is 0 Å². The van der Waals surface area contributed by atoms with E-state index < -0.39 is 10.0 Å². The van der Waals surface area contributed by atoms with Crippen molar-refractivity contribution in [1.29, 1.82) is 0 Å². The first-order valence-electron chi connectivity index (χ1n) is 6.35. The maximum atomic E-state index is 12.6. The summed E-state index contributed by atoms with van der Waals surface area (Å²) in [7, 11) is -3.54. The van der Waals surface area contributed by atoms with Crippen LogP contribution in [0.4, 0.5) is 0 Å². The van der Waals surface area contributed by atoms with E-state index in [0.29, 0.717) is 17.3 Å². The van der Waals surface area contributed by atoms with Crippen molar-refractivity contribution in [1.82, 2.24) is 4.31 Å². The third kappa shape index (κ3) is 3.13. The van der Waals surface area contributed by atoms with Gasteiger partial charge in [-0.05, 0) is 31.4 Å². The second-order valence-electron chi connectivity index (χ2n) is 4.82. The zero-order valence-corrected chi connectivity index (χ0v) is 13.2. The molecule has 7 heteroatoms. The summed E-state index contributed by atoms with van der Waals surface area (Å²) in [6, 6.07) is 1.30. The molecule has 0 amide bonds. The fourth-order valence-corrected chi connectivity index (χ4v) is 5.85. The van der Waals surface area contributed by atoms with Crippen molar-refractivity contribution >= 4 is 33.0 Å². The number of aliphatic hydroxyl groups is 1. The Morgan fingerprint density at radius 2 is 2.21 bits per heavy atom. The van der Waals surface area contributed by atoms with Gasteiger partial charge in [0.15, 0.2) is 0 Å². The first kappa shape index (κ1) is 15.3. The molecule has 0 saturated carbocycles. The quantitative estimate of drug-likeness (QED) is 0.930. The van der Waals surface area contributed by atoms with Crippen molar-refractivity contribution in [3.63, 3.8) is 0 Å². The van der Waals surface area contributed by atoms with Crippen LogP contribution in [-0.4, -0.2) is 37.0 Å². The molecule has 0 spiro atoms. The van der Waals surface area contributed by atoms with Crippen molar-refractivity contribution < 1.29 is 13.5 Å². The van der Waals surface area contributed by atoms with Crippen LogP contribution in [0.5, 0.6) is 0 Å². The van der Waals surface area contributed by atoms with Crippen molar-refractivity contribution in [2.45, 2.75) is 42.9 Å². The van der Waals surface area contributed by atoms with Crippen LogP contribution in [0.25, 0.3) is 0 Å². The molecule has 108 valence electrons.